The molecule has 1 unspecified atom stereocenters. The van der Waals surface area contributed by atoms with E-state index in [9.17, 15) is 24.8 Å². The van der Waals surface area contributed by atoms with E-state index in [4.69, 9.17) is 0 Å². The number of hydrogen-bond donors (Lipinski definition) is 2. The highest BCUT2D eigenvalue weighted by Crippen LogP contribution is 2.36. The molecular formula is C26H34N4O5. The first kappa shape index (κ1) is 26.0. The minimum Gasteiger partial charge on any atom is -0.465 e. The number of benzene rings is 2. The number of fused-ring (bicyclic) bond motifs is 1. The first-order chi connectivity index (χ1) is 16.5. The van der Waals surface area contributed by atoms with E-state index in [1.165, 1.54) is 13.8 Å². The zero-order valence-corrected chi connectivity index (χ0v) is 20.8. The van der Waals surface area contributed by atoms with Gasteiger partial charge in [-0.05, 0) is 62.1 Å². The van der Waals surface area contributed by atoms with Crippen LogP contribution in [0, 0.1) is 10.1 Å². The molecule has 0 bridgehead atoms. The molecule has 0 heterocycles. The van der Waals surface area contributed by atoms with Crippen molar-refractivity contribution in [2.24, 2.45) is 0 Å². The fourth-order valence-electron chi connectivity index (χ4n) is 4.70. The quantitative estimate of drug-likeness (QED) is 0.403. The molecule has 35 heavy (non-hydrogen) atoms. The highest BCUT2D eigenvalue weighted by molar-refractivity contribution is 6.00. The number of carbonyl (C=O) groups is 2. The topological polar surface area (TPSA) is 116 Å². The van der Waals surface area contributed by atoms with E-state index in [2.05, 4.69) is 24.1 Å². The molecular weight excluding hydrogens is 448 g/mol. The Hall–Kier alpha value is -3.62. The Balaban J connectivity index is 1.99. The Morgan fingerprint density at radius 2 is 1.69 bits per heavy atom. The van der Waals surface area contributed by atoms with Gasteiger partial charge in [0.25, 0.3) is 5.91 Å². The summed E-state index contributed by atoms with van der Waals surface area (Å²) in [4.78, 5) is 40.6. The van der Waals surface area contributed by atoms with E-state index >= 15 is 0 Å². The summed E-state index contributed by atoms with van der Waals surface area (Å²) in [5, 5.41) is 24.7. The number of nitro groups is 1. The second-order valence-corrected chi connectivity index (χ2v) is 9.59. The maximum absolute atomic E-state index is 13.8. The van der Waals surface area contributed by atoms with Crippen LogP contribution in [0.5, 0.6) is 0 Å². The number of nitrogens with zero attached hydrogens (tertiary/aromatic N) is 3. The van der Waals surface area contributed by atoms with Gasteiger partial charge >= 0.3 is 6.09 Å². The summed E-state index contributed by atoms with van der Waals surface area (Å²) >= 11 is 0. The molecule has 3 rings (SSSR count). The summed E-state index contributed by atoms with van der Waals surface area (Å²) in [6.07, 6.45) is -0.487. The fourth-order valence-corrected chi connectivity index (χ4v) is 4.70. The van der Waals surface area contributed by atoms with Gasteiger partial charge in [0.2, 0.25) is 5.54 Å². The van der Waals surface area contributed by atoms with E-state index < -0.39 is 34.5 Å². The molecule has 0 spiro atoms. The smallest absolute Gasteiger partial charge is 0.408 e. The van der Waals surface area contributed by atoms with Crippen LogP contribution in [0.25, 0.3) is 0 Å². The van der Waals surface area contributed by atoms with Crippen molar-refractivity contribution in [2.75, 3.05) is 29.9 Å². The van der Waals surface area contributed by atoms with E-state index in [0.717, 1.165) is 34.8 Å². The second-order valence-electron chi connectivity index (χ2n) is 9.59. The lowest BCUT2D eigenvalue weighted by Crippen LogP contribution is -2.64. The van der Waals surface area contributed by atoms with Crippen molar-refractivity contribution in [3.8, 4) is 0 Å². The zero-order valence-electron chi connectivity index (χ0n) is 20.8. The van der Waals surface area contributed by atoms with Gasteiger partial charge in [0, 0.05) is 49.7 Å². The van der Waals surface area contributed by atoms with E-state index in [0.29, 0.717) is 12.1 Å². The molecule has 1 atom stereocenters. The molecule has 0 saturated carbocycles. The molecule has 0 fully saturated rings. The van der Waals surface area contributed by atoms with Gasteiger partial charge in [0.1, 0.15) is 5.54 Å². The molecule has 9 heteroatoms. The van der Waals surface area contributed by atoms with Gasteiger partial charge in [-0.3, -0.25) is 19.8 Å². The number of nitrogens with one attached hydrogen (secondary N) is 1. The number of aryl methyl sites for hydroxylation is 1. The van der Waals surface area contributed by atoms with Crippen LogP contribution in [0.2, 0.25) is 0 Å². The lowest BCUT2D eigenvalue weighted by atomic mass is 9.75. The molecule has 2 N–H and O–H groups in total. The molecule has 2 aromatic rings. The molecule has 1 aliphatic rings. The largest absolute Gasteiger partial charge is 0.465 e. The zero-order chi connectivity index (χ0) is 25.8. The number of carboxylic acid groups (broad SMARTS) is 1. The molecule has 0 radical (unpaired) electrons. The van der Waals surface area contributed by atoms with Gasteiger partial charge in [-0.2, -0.15) is 0 Å². The van der Waals surface area contributed by atoms with Crippen LogP contribution in [0.3, 0.4) is 0 Å². The molecule has 0 aliphatic heterocycles. The number of amides is 2. The number of anilines is 2. The lowest BCUT2D eigenvalue weighted by molar-refractivity contribution is -0.560. The summed E-state index contributed by atoms with van der Waals surface area (Å²) < 4.78 is 0. The maximum Gasteiger partial charge on any atom is 0.408 e. The van der Waals surface area contributed by atoms with Crippen LogP contribution in [0.4, 0.5) is 16.2 Å². The molecule has 0 aromatic heterocycles. The summed E-state index contributed by atoms with van der Waals surface area (Å²) in [5.74, 6) is -0.482. The van der Waals surface area contributed by atoms with E-state index in [1.807, 2.05) is 36.4 Å². The van der Waals surface area contributed by atoms with Crippen molar-refractivity contribution in [1.29, 1.82) is 0 Å². The molecule has 188 valence electrons. The molecule has 9 nitrogen and oxygen atoms in total. The standard InChI is InChI=1S/C26H34N4O5/c1-5-28(6-2)22-13-11-21(12-14-22)27-23(31)26(16-15-19-9-7-8-10-20(19)17-26)29(24(32)33)18-25(3,4)30(34)35/h7-14H,5-6,15-18H2,1-4H3,(H,27,31)(H,32,33). The van der Waals surface area contributed by atoms with Crippen LogP contribution in [-0.2, 0) is 17.6 Å². The van der Waals surface area contributed by atoms with Crippen LogP contribution < -0.4 is 10.2 Å². The fraction of sp³-hybridized carbons (Fsp3) is 0.462. The Bertz CT molecular complexity index is 1080. The minimum atomic E-state index is -1.56. The van der Waals surface area contributed by atoms with Crippen LogP contribution >= 0.6 is 0 Å². The van der Waals surface area contributed by atoms with Crippen molar-refractivity contribution in [2.45, 2.75) is 58.0 Å². The predicted molar refractivity (Wildman–Crippen MR) is 136 cm³/mol. The van der Waals surface area contributed by atoms with Gasteiger partial charge in [-0.25, -0.2) is 4.79 Å². The van der Waals surface area contributed by atoms with Crippen molar-refractivity contribution in [1.82, 2.24) is 4.90 Å². The molecule has 1 aliphatic carbocycles. The average Bonchev–Trinajstić information content (AvgIpc) is 2.83. The number of rotatable bonds is 9. The monoisotopic (exact) mass is 482 g/mol. The van der Waals surface area contributed by atoms with Crippen molar-refractivity contribution < 1.29 is 19.6 Å². The summed E-state index contributed by atoms with van der Waals surface area (Å²) in [6, 6.07) is 15.0. The normalized spacial score (nSPS) is 17.3. The Morgan fingerprint density at radius 3 is 2.23 bits per heavy atom. The third kappa shape index (κ3) is 5.39. The lowest BCUT2D eigenvalue weighted by Gasteiger charge is -2.45. The number of carbonyl (C=O) groups excluding carboxylic acids is 1. The van der Waals surface area contributed by atoms with Gasteiger partial charge < -0.3 is 15.3 Å². The van der Waals surface area contributed by atoms with E-state index in [-0.39, 0.29) is 12.8 Å². The van der Waals surface area contributed by atoms with Gasteiger partial charge in [-0.15, -0.1) is 0 Å². The molecule has 0 saturated heterocycles. The van der Waals surface area contributed by atoms with Gasteiger partial charge in [0.15, 0.2) is 0 Å². The third-order valence-corrected chi connectivity index (χ3v) is 6.87. The molecule has 2 amide bonds. The average molecular weight is 483 g/mol. The van der Waals surface area contributed by atoms with Gasteiger partial charge in [0.05, 0.1) is 6.54 Å². The van der Waals surface area contributed by atoms with Gasteiger partial charge in [-0.1, -0.05) is 24.3 Å². The summed E-state index contributed by atoms with van der Waals surface area (Å²) in [5.41, 5.74) is 0.450. The Kier molecular flexibility index (Phi) is 7.67. The van der Waals surface area contributed by atoms with Crippen molar-refractivity contribution in [3.05, 3.63) is 69.8 Å². The summed E-state index contributed by atoms with van der Waals surface area (Å²) in [6.45, 7) is 8.17. The second kappa shape index (κ2) is 10.3. The SMILES string of the molecule is CCN(CC)c1ccc(NC(=O)C2(N(CC(C)(C)[N+](=O)[O-])C(=O)O)CCc3ccccc3C2)cc1. The maximum atomic E-state index is 13.8. The predicted octanol–water partition coefficient (Wildman–Crippen LogP) is 4.43. The summed E-state index contributed by atoms with van der Waals surface area (Å²) in [7, 11) is 0. The minimum absolute atomic E-state index is 0.145. The van der Waals surface area contributed by atoms with Crippen molar-refractivity contribution >= 4 is 23.4 Å². The highest BCUT2D eigenvalue weighted by Gasteiger charge is 2.52. The van der Waals surface area contributed by atoms with Crippen molar-refractivity contribution in [3.63, 3.8) is 0 Å². The Labute approximate surface area is 205 Å². The van der Waals surface area contributed by atoms with Crippen LogP contribution in [-0.4, -0.2) is 57.6 Å². The molecule has 2 aromatic carbocycles. The first-order valence-corrected chi connectivity index (χ1v) is 11.9. The van der Waals surface area contributed by atoms with Crippen LogP contribution in [0.15, 0.2) is 48.5 Å². The third-order valence-electron chi connectivity index (χ3n) is 6.87. The van der Waals surface area contributed by atoms with E-state index in [1.54, 1.807) is 12.1 Å². The van der Waals surface area contributed by atoms with Crippen LogP contribution in [0.1, 0.15) is 45.2 Å². The number of hydrogen-bond acceptors (Lipinski definition) is 5. The Morgan fingerprint density at radius 1 is 1.09 bits per heavy atom. The first-order valence-electron chi connectivity index (χ1n) is 11.9. The highest BCUT2D eigenvalue weighted by atomic mass is 16.6.